The number of rotatable bonds is 5. The van der Waals surface area contributed by atoms with Crippen LogP contribution in [-0.2, 0) is 5.41 Å². The van der Waals surface area contributed by atoms with E-state index >= 15 is 0 Å². The smallest absolute Gasteiger partial charge is 0.161 e. The molecule has 0 aliphatic heterocycles. The predicted octanol–water partition coefficient (Wildman–Crippen LogP) is 2.08. The van der Waals surface area contributed by atoms with Crippen molar-refractivity contribution in [3.8, 4) is 11.5 Å². The summed E-state index contributed by atoms with van der Waals surface area (Å²) in [5.74, 6) is 1.61. The van der Waals surface area contributed by atoms with E-state index in [1.54, 1.807) is 7.11 Å². The Morgan fingerprint density at radius 3 is 2.56 bits per heavy atom. The fourth-order valence-corrected chi connectivity index (χ4v) is 2.04. The van der Waals surface area contributed by atoms with Crippen LogP contribution in [0.1, 0.15) is 25.3 Å². The van der Waals surface area contributed by atoms with E-state index < -0.39 is 0 Å². The van der Waals surface area contributed by atoms with Gasteiger partial charge in [0.25, 0.3) is 0 Å². The van der Waals surface area contributed by atoms with Crippen LogP contribution < -0.4 is 15.2 Å². The highest BCUT2D eigenvalue weighted by Crippen LogP contribution is 2.48. The Morgan fingerprint density at radius 2 is 2.06 bits per heavy atom. The van der Waals surface area contributed by atoms with Crippen molar-refractivity contribution in [3.05, 3.63) is 23.8 Å². The molecule has 0 amide bonds. The van der Waals surface area contributed by atoms with Gasteiger partial charge in [-0.3, -0.25) is 0 Å². The van der Waals surface area contributed by atoms with E-state index in [0.29, 0.717) is 13.2 Å². The highest BCUT2D eigenvalue weighted by Gasteiger charge is 2.43. The Labute approximate surface area is 96.5 Å². The molecular formula is C13H19NO2. The van der Waals surface area contributed by atoms with Crippen LogP contribution in [0.5, 0.6) is 11.5 Å². The maximum absolute atomic E-state index is 5.82. The van der Waals surface area contributed by atoms with Crippen molar-refractivity contribution in [2.75, 3.05) is 20.3 Å². The third-order valence-corrected chi connectivity index (χ3v) is 3.32. The van der Waals surface area contributed by atoms with Gasteiger partial charge in [-0.05, 0) is 37.5 Å². The van der Waals surface area contributed by atoms with Gasteiger partial charge in [-0.25, -0.2) is 0 Å². The van der Waals surface area contributed by atoms with Crippen LogP contribution in [0.25, 0.3) is 0 Å². The molecule has 0 bridgehead atoms. The molecule has 0 heterocycles. The standard InChI is InChI=1S/C13H19NO2/c1-3-16-12-8-10(4-5-11(12)15-2)13(9-14)6-7-13/h4-5,8H,3,6-7,9,14H2,1-2H3. The summed E-state index contributed by atoms with van der Waals surface area (Å²) in [5, 5.41) is 0. The Hall–Kier alpha value is -1.22. The molecule has 1 aliphatic rings. The summed E-state index contributed by atoms with van der Waals surface area (Å²) in [6.07, 6.45) is 2.36. The molecule has 1 saturated carbocycles. The zero-order valence-corrected chi connectivity index (χ0v) is 9.95. The van der Waals surface area contributed by atoms with Crippen LogP contribution in [0.4, 0.5) is 0 Å². The molecule has 0 unspecified atom stereocenters. The van der Waals surface area contributed by atoms with E-state index in [1.165, 1.54) is 18.4 Å². The summed E-state index contributed by atoms with van der Waals surface area (Å²) in [4.78, 5) is 0. The summed E-state index contributed by atoms with van der Waals surface area (Å²) in [6.45, 7) is 3.34. The van der Waals surface area contributed by atoms with E-state index in [2.05, 4.69) is 12.1 Å². The van der Waals surface area contributed by atoms with Gasteiger partial charge in [0.05, 0.1) is 13.7 Å². The quantitative estimate of drug-likeness (QED) is 0.828. The van der Waals surface area contributed by atoms with E-state index in [0.717, 1.165) is 11.5 Å². The number of hydrogen-bond acceptors (Lipinski definition) is 3. The molecule has 3 heteroatoms. The molecule has 1 aromatic rings. The second-order valence-corrected chi connectivity index (χ2v) is 4.28. The molecule has 0 aromatic heterocycles. The van der Waals surface area contributed by atoms with Crippen LogP contribution >= 0.6 is 0 Å². The Balaban J connectivity index is 2.31. The Morgan fingerprint density at radius 1 is 1.31 bits per heavy atom. The van der Waals surface area contributed by atoms with Crippen LogP contribution in [0.15, 0.2) is 18.2 Å². The minimum absolute atomic E-state index is 0.206. The average Bonchev–Trinajstić information content (AvgIpc) is 3.10. The molecule has 1 aliphatic carbocycles. The maximum atomic E-state index is 5.82. The van der Waals surface area contributed by atoms with Crippen LogP contribution in [-0.4, -0.2) is 20.3 Å². The Bertz CT molecular complexity index is 372. The van der Waals surface area contributed by atoms with Gasteiger partial charge in [-0.15, -0.1) is 0 Å². The fraction of sp³-hybridized carbons (Fsp3) is 0.538. The zero-order chi connectivity index (χ0) is 11.6. The number of ether oxygens (including phenoxy) is 2. The van der Waals surface area contributed by atoms with Crippen LogP contribution in [0.2, 0.25) is 0 Å². The van der Waals surface area contributed by atoms with Crippen LogP contribution in [0, 0.1) is 0 Å². The molecule has 16 heavy (non-hydrogen) atoms. The molecule has 0 atom stereocenters. The van der Waals surface area contributed by atoms with Crippen molar-refractivity contribution < 1.29 is 9.47 Å². The molecule has 1 aromatic carbocycles. The molecule has 3 nitrogen and oxygen atoms in total. The minimum Gasteiger partial charge on any atom is -0.493 e. The monoisotopic (exact) mass is 221 g/mol. The minimum atomic E-state index is 0.206. The number of methoxy groups -OCH3 is 1. The second kappa shape index (κ2) is 4.34. The van der Waals surface area contributed by atoms with Gasteiger partial charge in [0.1, 0.15) is 0 Å². The number of hydrogen-bond donors (Lipinski definition) is 1. The molecule has 2 rings (SSSR count). The summed E-state index contributed by atoms with van der Waals surface area (Å²) in [5.41, 5.74) is 7.31. The zero-order valence-electron chi connectivity index (χ0n) is 9.95. The first-order valence-electron chi connectivity index (χ1n) is 5.77. The second-order valence-electron chi connectivity index (χ2n) is 4.28. The van der Waals surface area contributed by atoms with Crippen molar-refractivity contribution in [2.24, 2.45) is 5.73 Å². The van der Waals surface area contributed by atoms with E-state index in [1.807, 2.05) is 13.0 Å². The lowest BCUT2D eigenvalue weighted by Crippen LogP contribution is -2.19. The first-order valence-corrected chi connectivity index (χ1v) is 5.77. The summed E-state index contributed by atoms with van der Waals surface area (Å²) >= 11 is 0. The Kier molecular flexibility index (Phi) is 3.06. The lowest BCUT2D eigenvalue weighted by atomic mass is 9.96. The lowest BCUT2D eigenvalue weighted by Gasteiger charge is -2.16. The third-order valence-electron chi connectivity index (χ3n) is 3.32. The highest BCUT2D eigenvalue weighted by atomic mass is 16.5. The lowest BCUT2D eigenvalue weighted by molar-refractivity contribution is 0.310. The van der Waals surface area contributed by atoms with Crippen LogP contribution in [0.3, 0.4) is 0 Å². The number of nitrogens with two attached hydrogens (primary N) is 1. The van der Waals surface area contributed by atoms with Crippen molar-refractivity contribution in [2.45, 2.75) is 25.2 Å². The van der Waals surface area contributed by atoms with Crippen molar-refractivity contribution in [1.82, 2.24) is 0 Å². The average molecular weight is 221 g/mol. The van der Waals surface area contributed by atoms with Gasteiger partial charge >= 0.3 is 0 Å². The number of benzene rings is 1. The normalized spacial score (nSPS) is 16.9. The first-order chi connectivity index (χ1) is 7.75. The molecule has 88 valence electrons. The van der Waals surface area contributed by atoms with Gasteiger partial charge < -0.3 is 15.2 Å². The largest absolute Gasteiger partial charge is 0.493 e. The first kappa shape index (κ1) is 11.3. The highest BCUT2D eigenvalue weighted by molar-refractivity contribution is 5.47. The fourth-order valence-electron chi connectivity index (χ4n) is 2.04. The predicted molar refractivity (Wildman–Crippen MR) is 64.1 cm³/mol. The van der Waals surface area contributed by atoms with Gasteiger partial charge in [0, 0.05) is 12.0 Å². The van der Waals surface area contributed by atoms with Crippen molar-refractivity contribution >= 4 is 0 Å². The molecular weight excluding hydrogens is 202 g/mol. The molecule has 1 fully saturated rings. The summed E-state index contributed by atoms with van der Waals surface area (Å²) < 4.78 is 10.8. The SMILES string of the molecule is CCOc1cc(C2(CN)CC2)ccc1OC. The van der Waals surface area contributed by atoms with Gasteiger partial charge in [0.15, 0.2) is 11.5 Å². The third kappa shape index (κ3) is 1.87. The van der Waals surface area contributed by atoms with E-state index in [9.17, 15) is 0 Å². The summed E-state index contributed by atoms with van der Waals surface area (Å²) in [7, 11) is 1.66. The van der Waals surface area contributed by atoms with E-state index in [-0.39, 0.29) is 5.41 Å². The maximum Gasteiger partial charge on any atom is 0.161 e. The molecule has 0 spiro atoms. The van der Waals surface area contributed by atoms with Crippen molar-refractivity contribution in [3.63, 3.8) is 0 Å². The van der Waals surface area contributed by atoms with Crippen molar-refractivity contribution in [1.29, 1.82) is 0 Å². The van der Waals surface area contributed by atoms with Gasteiger partial charge in [0.2, 0.25) is 0 Å². The summed E-state index contributed by atoms with van der Waals surface area (Å²) in [6, 6.07) is 6.14. The molecule has 0 saturated heterocycles. The van der Waals surface area contributed by atoms with Gasteiger partial charge in [-0.2, -0.15) is 0 Å². The topological polar surface area (TPSA) is 44.5 Å². The molecule has 0 radical (unpaired) electrons. The van der Waals surface area contributed by atoms with Gasteiger partial charge in [-0.1, -0.05) is 6.07 Å². The molecule has 2 N–H and O–H groups in total. The van der Waals surface area contributed by atoms with E-state index in [4.69, 9.17) is 15.2 Å².